The van der Waals surface area contributed by atoms with Gasteiger partial charge in [0.25, 0.3) is 0 Å². The van der Waals surface area contributed by atoms with Crippen molar-refractivity contribution in [2.45, 2.75) is 192 Å². The van der Waals surface area contributed by atoms with Gasteiger partial charge in [-0.1, -0.05) is 39.8 Å². The Morgan fingerprint density at radius 3 is 1.13 bits per heavy atom. The van der Waals surface area contributed by atoms with Gasteiger partial charge in [-0.2, -0.15) is 0 Å². The minimum absolute atomic E-state index is 0.0172. The number of anilines is 2. The molecule has 16 bridgehead atoms. The third-order valence-corrected chi connectivity index (χ3v) is 23.5. The van der Waals surface area contributed by atoms with Crippen molar-refractivity contribution >= 4 is 11.4 Å². The minimum Gasteiger partial charge on any atom is -0.505 e. The number of nitrogen functional groups attached to an aromatic ring is 2. The number of rotatable bonds is 5. The average Bonchev–Trinajstić information content (AvgIpc) is 3.10. The van der Waals surface area contributed by atoms with Crippen LogP contribution < -0.4 is 11.5 Å². The van der Waals surface area contributed by atoms with Crippen LogP contribution in [0.1, 0.15) is 198 Å². The summed E-state index contributed by atoms with van der Waals surface area (Å²) < 4.78 is 0. The lowest BCUT2D eigenvalue weighted by Crippen LogP contribution is -2.74. The van der Waals surface area contributed by atoms with Crippen LogP contribution in [0.4, 0.5) is 11.4 Å². The van der Waals surface area contributed by atoms with E-state index in [1.54, 1.807) is 0 Å². The van der Waals surface area contributed by atoms with Crippen molar-refractivity contribution in [1.82, 2.24) is 0 Å². The van der Waals surface area contributed by atoms with Gasteiger partial charge in [-0.15, -0.1) is 0 Å². The second-order valence-corrected chi connectivity index (χ2v) is 28.2. The summed E-state index contributed by atoms with van der Waals surface area (Å²) in [6.07, 6.45) is 30.8. The summed E-state index contributed by atoms with van der Waals surface area (Å²) in [6.45, 7) is 10.9. The number of hydrogen-bond acceptors (Lipinski definition) is 4. The predicted molar refractivity (Wildman–Crippen MR) is 241 cm³/mol. The van der Waals surface area contributed by atoms with Crippen LogP contribution in [0.3, 0.4) is 0 Å². The van der Waals surface area contributed by atoms with Gasteiger partial charge in [-0.3, -0.25) is 0 Å². The smallest absolute Gasteiger partial charge is 0.142 e. The molecule has 4 unspecified atom stereocenters. The molecular formula is C56H76N2O2. The van der Waals surface area contributed by atoms with Crippen LogP contribution in [0.2, 0.25) is 0 Å². The summed E-state index contributed by atoms with van der Waals surface area (Å²) in [7, 11) is 0. The summed E-state index contributed by atoms with van der Waals surface area (Å²) in [4.78, 5) is 0. The lowest BCUT2D eigenvalue weighted by atomic mass is 9.23. The predicted octanol–water partition coefficient (Wildman–Crippen LogP) is 13.1. The van der Waals surface area contributed by atoms with Crippen molar-refractivity contribution < 1.29 is 10.2 Å². The lowest BCUT2D eigenvalue weighted by Gasteiger charge is -2.81. The fraction of sp³-hybridized carbons (Fsp3) is 0.786. The summed E-state index contributed by atoms with van der Waals surface area (Å²) >= 11 is 0. The highest BCUT2D eigenvalue weighted by Gasteiger charge is 2.78. The van der Waals surface area contributed by atoms with Crippen molar-refractivity contribution in [2.24, 2.45) is 79.8 Å². The van der Waals surface area contributed by atoms with E-state index < -0.39 is 0 Å². The van der Waals surface area contributed by atoms with E-state index in [1.807, 2.05) is 0 Å². The van der Waals surface area contributed by atoms with Crippen molar-refractivity contribution in [3.8, 4) is 11.5 Å². The summed E-state index contributed by atoms with van der Waals surface area (Å²) in [6, 6.07) is 9.80. The fourth-order valence-electron chi connectivity index (χ4n) is 24.8. The number of phenolic OH excluding ortho intramolecular Hbond substituents is 2. The molecule has 18 rings (SSSR count). The van der Waals surface area contributed by atoms with E-state index in [2.05, 4.69) is 52.0 Å². The van der Waals surface area contributed by atoms with Crippen LogP contribution in [-0.4, -0.2) is 10.2 Å². The first-order valence-corrected chi connectivity index (χ1v) is 25.7. The molecule has 6 N–H and O–H groups in total. The van der Waals surface area contributed by atoms with Crippen LogP contribution in [-0.2, 0) is 16.2 Å². The summed E-state index contributed by atoms with van der Waals surface area (Å²) in [5.41, 5.74) is 22.4. The first kappa shape index (κ1) is 37.1. The Labute approximate surface area is 361 Å². The molecule has 4 heteroatoms. The van der Waals surface area contributed by atoms with Gasteiger partial charge >= 0.3 is 0 Å². The molecule has 0 heterocycles. The van der Waals surface area contributed by atoms with E-state index in [0.717, 1.165) is 47.3 Å². The third kappa shape index (κ3) is 4.38. The second kappa shape index (κ2) is 10.9. The van der Waals surface area contributed by atoms with E-state index >= 15 is 0 Å². The SMILES string of the molecule is CC12CC3CC(C)(C1)CC(C14CC5CC(C)(C1)C(c1cc(N)c(O)c(C67CC8CC(CC(C8)C6)C7)c1)(c1cc(N)c(O)c(C67CC8CC(CC(C8)C6)C7)c1)C(C)(C5)C4)(C3)C2. The normalized spacial score (nSPS) is 55.7. The molecule has 0 radical (unpaired) electrons. The van der Waals surface area contributed by atoms with E-state index in [4.69, 9.17) is 11.5 Å². The van der Waals surface area contributed by atoms with Crippen LogP contribution in [0, 0.1) is 79.8 Å². The molecule has 16 saturated carbocycles. The van der Waals surface area contributed by atoms with Gasteiger partial charge < -0.3 is 21.7 Å². The standard InChI is InChI=1S/C56H76N2O2/c1-48-15-38-16-49(2,27-48)29-54(25-38,28-48)55-26-39-17-50(3,30-55)56(51(4,18-39)31-55,40-11-42(46(59)44(57)13-40)52-19-32-5-33(20-52)7-34(6-32)21-52)41-12-43(47(60)45(58)14-41)53-22-35-8-36(23-53)10-37(9-35)24-53/h11-14,32-39,59-60H,5-10,15-31,57-58H2,1-4H3. The van der Waals surface area contributed by atoms with Crippen molar-refractivity contribution in [3.05, 3.63) is 46.5 Å². The van der Waals surface area contributed by atoms with Crippen molar-refractivity contribution in [3.63, 3.8) is 0 Å². The molecule has 4 atom stereocenters. The van der Waals surface area contributed by atoms with Crippen LogP contribution in [0.25, 0.3) is 0 Å². The third-order valence-electron chi connectivity index (χ3n) is 23.5. The van der Waals surface area contributed by atoms with E-state index in [-0.39, 0.29) is 27.1 Å². The molecule has 16 aliphatic rings. The highest BCUT2D eigenvalue weighted by atomic mass is 16.3. The zero-order valence-electron chi connectivity index (χ0n) is 37.7. The molecule has 16 fully saturated rings. The van der Waals surface area contributed by atoms with Crippen molar-refractivity contribution in [2.75, 3.05) is 11.5 Å². The Morgan fingerprint density at radius 2 is 0.767 bits per heavy atom. The van der Waals surface area contributed by atoms with E-state index in [1.165, 1.54) is 170 Å². The molecule has 4 nitrogen and oxygen atoms in total. The fourth-order valence-corrected chi connectivity index (χ4v) is 24.8. The summed E-state index contributed by atoms with van der Waals surface area (Å²) in [5.74, 6) is 7.13. The Hall–Kier alpha value is -2.36. The highest BCUT2D eigenvalue weighted by Crippen LogP contribution is 2.86. The molecule has 0 spiro atoms. The minimum atomic E-state index is -0.339. The second-order valence-electron chi connectivity index (χ2n) is 28.2. The maximum atomic E-state index is 12.3. The Bertz CT molecular complexity index is 2040. The van der Waals surface area contributed by atoms with Crippen molar-refractivity contribution in [1.29, 1.82) is 0 Å². The topological polar surface area (TPSA) is 92.5 Å². The zero-order chi connectivity index (χ0) is 40.8. The average molecular weight is 809 g/mol. The van der Waals surface area contributed by atoms with Gasteiger partial charge in [0, 0.05) is 16.5 Å². The van der Waals surface area contributed by atoms with Crippen LogP contribution >= 0.6 is 0 Å². The van der Waals surface area contributed by atoms with Gasteiger partial charge in [-0.05, 0) is 262 Å². The van der Waals surface area contributed by atoms with Gasteiger partial charge in [0.15, 0.2) is 0 Å². The zero-order valence-corrected chi connectivity index (χ0v) is 37.7. The number of nitrogens with two attached hydrogens (primary N) is 2. The molecule has 16 aliphatic carbocycles. The first-order chi connectivity index (χ1) is 28.4. The molecule has 0 aromatic heterocycles. The Morgan fingerprint density at radius 1 is 0.417 bits per heavy atom. The number of hydrogen-bond donors (Lipinski definition) is 4. The van der Waals surface area contributed by atoms with Gasteiger partial charge in [-0.25, -0.2) is 0 Å². The number of aromatic hydroxyl groups is 2. The lowest BCUT2D eigenvalue weighted by molar-refractivity contribution is -0.284. The Kier molecular flexibility index (Phi) is 6.75. The maximum Gasteiger partial charge on any atom is 0.142 e. The van der Waals surface area contributed by atoms with E-state index in [9.17, 15) is 10.2 Å². The summed E-state index contributed by atoms with van der Waals surface area (Å²) in [5, 5.41) is 24.7. The highest BCUT2D eigenvalue weighted by molar-refractivity contribution is 5.68. The van der Waals surface area contributed by atoms with E-state index in [0.29, 0.717) is 44.5 Å². The molecular weight excluding hydrogens is 733 g/mol. The molecule has 322 valence electrons. The first-order valence-electron chi connectivity index (χ1n) is 25.7. The maximum absolute atomic E-state index is 12.3. The molecule has 0 saturated heterocycles. The Balaban J connectivity index is 1.00. The molecule has 2 aromatic rings. The monoisotopic (exact) mass is 809 g/mol. The number of phenols is 2. The molecule has 60 heavy (non-hydrogen) atoms. The number of benzene rings is 2. The van der Waals surface area contributed by atoms with Gasteiger partial charge in [0.2, 0.25) is 0 Å². The van der Waals surface area contributed by atoms with Gasteiger partial charge in [0.05, 0.1) is 11.4 Å². The van der Waals surface area contributed by atoms with Gasteiger partial charge in [0.1, 0.15) is 11.5 Å². The molecule has 0 amide bonds. The quantitative estimate of drug-likeness (QED) is 0.179. The van der Waals surface area contributed by atoms with Crippen LogP contribution in [0.15, 0.2) is 24.3 Å². The molecule has 0 aliphatic heterocycles. The largest absolute Gasteiger partial charge is 0.505 e. The molecule has 2 aromatic carbocycles. The van der Waals surface area contributed by atoms with Crippen LogP contribution in [0.5, 0.6) is 11.5 Å².